The second-order valence-electron chi connectivity index (χ2n) is 4.74. The van der Waals surface area contributed by atoms with Crippen molar-refractivity contribution >= 4 is 17.4 Å². The van der Waals surface area contributed by atoms with Crippen LogP contribution in [0, 0.1) is 23.3 Å². The van der Waals surface area contributed by atoms with Gasteiger partial charge in [0.25, 0.3) is 0 Å². The van der Waals surface area contributed by atoms with E-state index in [0.717, 1.165) is 6.07 Å². The molecule has 3 rings (SSSR count). The summed E-state index contributed by atoms with van der Waals surface area (Å²) in [5.41, 5.74) is 0.580. The van der Waals surface area contributed by atoms with Crippen LogP contribution in [-0.4, -0.2) is 5.75 Å². The predicted octanol–water partition coefficient (Wildman–Crippen LogP) is 4.89. The van der Waals surface area contributed by atoms with Gasteiger partial charge in [0.1, 0.15) is 11.6 Å². The van der Waals surface area contributed by atoms with Gasteiger partial charge in [0.05, 0.1) is 11.7 Å². The first-order valence-corrected chi connectivity index (χ1v) is 7.37. The summed E-state index contributed by atoms with van der Waals surface area (Å²) in [6.07, 6.45) is 0.638. The molecule has 0 fully saturated rings. The minimum atomic E-state index is -1.23. The maximum absolute atomic E-state index is 13.7. The molecule has 1 aliphatic rings. The van der Waals surface area contributed by atoms with Crippen LogP contribution in [0.5, 0.6) is 0 Å². The van der Waals surface area contributed by atoms with E-state index < -0.39 is 17.5 Å². The third-order valence-corrected chi connectivity index (χ3v) is 4.52. The third kappa shape index (κ3) is 2.72. The van der Waals surface area contributed by atoms with Crippen molar-refractivity contribution in [1.82, 2.24) is 0 Å². The zero-order valence-corrected chi connectivity index (χ0v) is 11.6. The third-order valence-electron chi connectivity index (χ3n) is 3.37. The van der Waals surface area contributed by atoms with Gasteiger partial charge in [-0.05, 0) is 18.1 Å². The van der Waals surface area contributed by atoms with Crippen LogP contribution in [0.3, 0.4) is 0 Å². The first-order chi connectivity index (χ1) is 10.1. The molecule has 1 nitrogen and oxygen atoms in total. The van der Waals surface area contributed by atoms with Crippen molar-refractivity contribution in [2.45, 2.75) is 17.4 Å². The lowest BCUT2D eigenvalue weighted by atomic mass is 10.0. The van der Waals surface area contributed by atoms with E-state index in [0.29, 0.717) is 28.7 Å². The second-order valence-corrected chi connectivity index (χ2v) is 5.84. The van der Waals surface area contributed by atoms with Gasteiger partial charge in [-0.1, -0.05) is 12.1 Å². The van der Waals surface area contributed by atoms with E-state index in [1.165, 1.54) is 17.8 Å². The lowest BCUT2D eigenvalue weighted by Crippen LogP contribution is -2.17. The van der Waals surface area contributed by atoms with Crippen LogP contribution in [0.2, 0.25) is 0 Å². The fourth-order valence-corrected chi connectivity index (χ4v) is 3.50. The minimum absolute atomic E-state index is 0.124. The van der Waals surface area contributed by atoms with Crippen molar-refractivity contribution < 1.29 is 17.6 Å². The summed E-state index contributed by atoms with van der Waals surface area (Å²) in [6.45, 7) is 0. The van der Waals surface area contributed by atoms with E-state index in [1.54, 1.807) is 12.1 Å². The molecule has 2 aromatic carbocycles. The SMILES string of the molecule is Fc1cc(F)c(NC2CCSc3c(F)cccc32)cc1F. The average Bonchev–Trinajstić information content (AvgIpc) is 2.46. The van der Waals surface area contributed by atoms with Crippen LogP contribution in [0.25, 0.3) is 0 Å². The molecule has 1 unspecified atom stereocenters. The summed E-state index contributed by atoms with van der Waals surface area (Å²) < 4.78 is 53.6. The smallest absolute Gasteiger partial charge is 0.161 e. The van der Waals surface area contributed by atoms with Gasteiger partial charge in [-0.2, -0.15) is 0 Å². The van der Waals surface area contributed by atoms with E-state index in [2.05, 4.69) is 5.32 Å². The number of nitrogens with one attached hydrogen (secondary N) is 1. The molecule has 21 heavy (non-hydrogen) atoms. The molecular formula is C15H11F4NS. The number of anilines is 1. The van der Waals surface area contributed by atoms with Crippen LogP contribution >= 0.6 is 11.8 Å². The zero-order valence-electron chi connectivity index (χ0n) is 10.8. The molecule has 0 saturated heterocycles. The molecule has 0 radical (unpaired) electrons. The fraction of sp³-hybridized carbons (Fsp3) is 0.200. The number of hydrogen-bond acceptors (Lipinski definition) is 2. The Kier molecular flexibility index (Phi) is 3.80. The molecule has 110 valence electrons. The van der Waals surface area contributed by atoms with Crippen LogP contribution < -0.4 is 5.32 Å². The quantitative estimate of drug-likeness (QED) is 0.625. The molecular weight excluding hydrogens is 302 g/mol. The van der Waals surface area contributed by atoms with Crippen molar-refractivity contribution in [3.8, 4) is 0 Å². The Hall–Kier alpha value is -1.69. The predicted molar refractivity (Wildman–Crippen MR) is 74.4 cm³/mol. The fourth-order valence-electron chi connectivity index (χ4n) is 2.36. The van der Waals surface area contributed by atoms with Gasteiger partial charge in [0.15, 0.2) is 11.6 Å². The molecule has 0 saturated carbocycles. The Morgan fingerprint density at radius 1 is 0.952 bits per heavy atom. The van der Waals surface area contributed by atoms with Crippen LogP contribution in [0.15, 0.2) is 35.2 Å². The lowest BCUT2D eigenvalue weighted by molar-refractivity contribution is 0.495. The molecule has 0 amide bonds. The summed E-state index contributed by atoms with van der Waals surface area (Å²) >= 11 is 1.40. The topological polar surface area (TPSA) is 12.0 Å². The number of benzene rings is 2. The lowest BCUT2D eigenvalue weighted by Gasteiger charge is -2.27. The largest absolute Gasteiger partial charge is 0.376 e. The second kappa shape index (κ2) is 5.60. The highest BCUT2D eigenvalue weighted by Crippen LogP contribution is 2.39. The Morgan fingerprint density at radius 2 is 1.71 bits per heavy atom. The molecule has 6 heteroatoms. The highest BCUT2D eigenvalue weighted by atomic mass is 32.2. The van der Waals surface area contributed by atoms with E-state index in [1.807, 2.05) is 0 Å². The summed E-state index contributed by atoms with van der Waals surface area (Å²) in [5.74, 6) is -2.89. The van der Waals surface area contributed by atoms with Gasteiger partial charge >= 0.3 is 0 Å². The van der Waals surface area contributed by atoms with Gasteiger partial charge in [-0.3, -0.25) is 0 Å². The first kappa shape index (κ1) is 14.3. The van der Waals surface area contributed by atoms with Crippen molar-refractivity contribution in [3.63, 3.8) is 0 Å². The Bertz CT molecular complexity index is 690. The summed E-state index contributed by atoms with van der Waals surface area (Å²) in [5, 5.41) is 2.84. The summed E-state index contributed by atoms with van der Waals surface area (Å²) in [4.78, 5) is 0.518. The average molecular weight is 313 g/mol. The molecule has 1 aliphatic heterocycles. The number of fused-ring (bicyclic) bond motifs is 1. The molecule has 0 aromatic heterocycles. The van der Waals surface area contributed by atoms with Gasteiger partial charge in [-0.15, -0.1) is 11.8 Å². The number of rotatable bonds is 2. The number of halogens is 4. The first-order valence-electron chi connectivity index (χ1n) is 6.38. The van der Waals surface area contributed by atoms with Gasteiger partial charge < -0.3 is 5.32 Å². The van der Waals surface area contributed by atoms with Gasteiger partial charge in [-0.25, -0.2) is 17.6 Å². The van der Waals surface area contributed by atoms with E-state index >= 15 is 0 Å². The summed E-state index contributed by atoms with van der Waals surface area (Å²) in [7, 11) is 0. The van der Waals surface area contributed by atoms with Crippen LogP contribution in [-0.2, 0) is 0 Å². The number of hydrogen-bond donors (Lipinski definition) is 1. The van der Waals surface area contributed by atoms with E-state index in [4.69, 9.17) is 0 Å². The number of thioether (sulfide) groups is 1. The van der Waals surface area contributed by atoms with Crippen molar-refractivity contribution in [1.29, 1.82) is 0 Å². The maximum atomic E-state index is 13.7. The monoisotopic (exact) mass is 313 g/mol. The van der Waals surface area contributed by atoms with Crippen molar-refractivity contribution in [2.75, 3.05) is 11.1 Å². The normalized spacial score (nSPS) is 17.4. The van der Waals surface area contributed by atoms with Gasteiger partial charge in [0.2, 0.25) is 0 Å². The van der Waals surface area contributed by atoms with Crippen LogP contribution in [0.1, 0.15) is 18.0 Å². The Morgan fingerprint density at radius 3 is 2.52 bits per heavy atom. The highest BCUT2D eigenvalue weighted by molar-refractivity contribution is 7.99. The van der Waals surface area contributed by atoms with Crippen molar-refractivity contribution in [2.24, 2.45) is 0 Å². The maximum Gasteiger partial charge on any atom is 0.161 e. The molecule has 0 spiro atoms. The zero-order chi connectivity index (χ0) is 15.0. The standard InChI is InChI=1S/C15H11F4NS/c16-9-3-1-2-8-13(4-5-21-15(8)9)20-14-7-11(18)10(17)6-12(14)19/h1-3,6-7,13,20H,4-5H2. The highest BCUT2D eigenvalue weighted by Gasteiger charge is 2.24. The molecule has 2 aromatic rings. The van der Waals surface area contributed by atoms with E-state index in [9.17, 15) is 17.6 Å². The van der Waals surface area contributed by atoms with Gasteiger partial charge in [0, 0.05) is 22.8 Å². The van der Waals surface area contributed by atoms with E-state index in [-0.39, 0.29) is 17.5 Å². The van der Waals surface area contributed by atoms with Crippen molar-refractivity contribution in [3.05, 3.63) is 59.2 Å². The van der Waals surface area contributed by atoms with Crippen LogP contribution in [0.4, 0.5) is 23.2 Å². The summed E-state index contributed by atoms with van der Waals surface area (Å²) in [6, 6.07) is 5.65. The Labute approximate surface area is 123 Å². The molecule has 1 atom stereocenters. The Balaban J connectivity index is 1.94. The molecule has 1 N–H and O–H groups in total. The molecule has 0 bridgehead atoms. The molecule has 1 heterocycles. The minimum Gasteiger partial charge on any atom is -0.376 e. The molecule has 0 aliphatic carbocycles.